The van der Waals surface area contributed by atoms with Crippen molar-refractivity contribution in [2.24, 2.45) is 0 Å². The van der Waals surface area contributed by atoms with Gasteiger partial charge in [-0.2, -0.15) is 21.4 Å². The van der Waals surface area contributed by atoms with Crippen LogP contribution >= 0.6 is 11.3 Å². The first-order chi connectivity index (χ1) is 11.2. The number of carbonyl (C=O) groups is 1. The SMILES string of the molecule is Cc1noc([C@H]2CN(C(=O)c3ccsc3)Cc3ccnn3C2)n1. The van der Waals surface area contributed by atoms with E-state index in [4.69, 9.17) is 4.52 Å². The van der Waals surface area contributed by atoms with Gasteiger partial charge in [-0.05, 0) is 24.4 Å². The van der Waals surface area contributed by atoms with Crippen LogP contribution in [0.1, 0.15) is 33.7 Å². The Balaban J connectivity index is 1.68. The fraction of sp³-hybridized carbons (Fsp3) is 0.333. The highest BCUT2D eigenvalue weighted by molar-refractivity contribution is 7.08. The van der Waals surface area contributed by atoms with Gasteiger partial charge in [0, 0.05) is 18.1 Å². The summed E-state index contributed by atoms with van der Waals surface area (Å²) in [7, 11) is 0. The second kappa shape index (κ2) is 5.62. The van der Waals surface area contributed by atoms with Crippen molar-refractivity contribution in [3.8, 4) is 0 Å². The van der Waals surface area contributed by atoms with Gasteiger partial charge in [0.2, 0.25) is 5.89 Å². The molecule has 1 amide bonds. The number of hydrogen-bond acceptors (Lipinski definition) is 6. The molecule has 1 atom stereocenters. The predicted octanol–water partition coefficient (Wildman–Crippen LogP) is 2.08. The predicted molar refractivity (Wildman–Crippen MR) is 83.1 cm³/mol. The number of aryl methyl sites for hydroxylation is 1. The lowest BCUT2D eigenvalue weighted by Gasteiger charge is -2.22. The zero-order valence-electron chi connectivity index (χ0n) is 12.5. The highest BCUT2D eigenvalue weighted by Crippen LogP contribution is 2.25. The number of fused-ring (bicyclic) bond motifs is 1. The van der Waals surface area contributed by atoms with E-state index >= 15 is 0 Å². The Morgan fingerprint density at radius 3 is 3.04 bits per heavy atom. The van der Waals surface area contributed by atoms with E-state index in [0.717, 1.165) is 5.69 Å². The van der Waals surface area contributed by atoms with Crippen LogP contribution in [0.2, 0.25) is 0 Å². The summed E-state index contributed by atoms with van der Waals surface area (Å²) in [6.45, 7) is 3.46. The maximum Gasteiger partial charge on any atom is 0.255 e. The van der Waals surface area contributed by atoms with Gasteiger partial charge in [0.15, 0.2) is 5.82 Å². The molecule has 7 nitrogen and oxygen atoms in total. The molecule has 0 aliphatic carbocycles. The summed E-state index contributed by atoms with van der Waals surface area (Å²) < 4.78 is 7.24. The Morgan fingerprint density at radius 2 is 2.30 bits per heavy atom. The van der Waals surface area contributed by atoms with Gasteiger partial charge in [-0.25, -0.2) is 0 Å². The molecule has 8 heteroatoms. The number of thiophene rings is 1. The summed E-state index contributed by atoms with van der Waals surface area (Å²) in [6.07, 6.45) is 1.75. The van der Waals surface area contributed by atoms with Crippen LogP contribution in [0, 0.1) is 6.92 Å². The van der Waals surface area contributed by atoms with Gasteiger partial charge in [-0.15, -0.1) is 0 Å². The quantitative estimate of drug-likeness (QED) is 0.719. The number of hydrogen-bond donors (Lipinski definition) is 0. The summed E-state index contributed by atoms with van der Waals surface area (Å²) in [5.74, 6) is 1.09. The number of nitrogens with zero attached hydrogens (tertiary/aromatic N) is 5. The molecule has 0 unspecified atom stereocenters. The average Bonchev–Trinajstić information content (AvgIpc) is 3.27. The van der Waals surface area contributed by atoms with Gasteiger partial charge >= 0.3 is 0 Å². The van der Waals surface area contributed by atoms with Crippen LogP contribution in [0.4, 0.5) is 0 Å². The standard InChI is InChI=1S/C15H15N5O2S/c1-10-17-14(22-18-10)12-6-19(15(21)11-3-5-23-9-11)8-13-2-4-16-20(13)7-12/h2-5,9,12H,6-8H2,1H3/t12-/m0/s1. The van der Waals surface area contributed by atoms with E-state index in [9.17, 15) is 4.79 Å². The van der Waals surface area contributed by atoms with Crippen LogP contribution in [0.25, 0.3) is 0 Å². The summed E-state index contributed by atoms with van der Waals surface area (Å²) >= 11 is 1.52. The Labute approximate surface area is 136 Å². The molecule has 0 bridgehead atoms. The van der Waals surface area contributed by atoms with E-state index < -0.39 is 0 Å². The fourth-order valence-corrected chi connectivity index (χ4v) is 3.44. The molecule has 3 aromatic rings. The summed E-state index contributed by atoms with van der Waals surface area (Å²) in [5.41, 5.74) is 1.72. The van der Waals surface area contributed by atoms with Crippen LogP contribution in [0.5, 0.6) is 0 Å². The molecular formula is C15H15N5O2S. The van der Waals surface area contributed by atoms with Crippen molar-refractivity contribution in [3.05, 3.63) is 52.1 Å². The summed E-state index contributed by atoms with van der Waals surface area (Å²) in [6, 6.07) is 3.79. The maximum atomic E-state index is 12.8. The van der Waals surface area contributed by atoms with Gasteiger partial charge < -0.3 is 9.42 Å². The first kappa shape index (κ1) is 14.1. The molecule has 3 aromatic heterocycles. The van der Waals surface area contributed by atoms with Crippen molar-refractivity contribution < 1.29 is 9.32 Å². The van der Waals surface area contributed by atoms with Crippen molar-refractivity contribution in [2.75, 3.05) is 6.54 Å². The third kappa shape index (κ3) is 2.65. The van der Waals surface area contributed by atoms with E-state index in [1.165, 1.54) is 11.3 Å². The molecule has 4 rings (SSSR count). The molecular weight excluding hydrogens is 314 g/mol. The van der Waals surface area contributed by atoms with Crippen LogP contribution in [0.15, 0.2) is 33.6 Å². The number of rotatable bonds is 2. The Hall–Kier alpha value is -2.48. The fourth-order valence-electron chi connectivity index (χ4n) is 2.81. The molecule has 1 aliphatic rings. The van der Waals surface area contributed by atoms with Crippen LogP contribution in [0.3, 0.4) is 0 Å². The Bertz CT molecular complexity index is 823. The highest BCUT2D eigenvalue weighted by Gasteiger charge is 2.30. The third-order valence-electron chi connectivity index (χ3n) is 3.94. The van der Waals surface area contributed by atoms with E-state index in [1.807, 2.05) is 32.5 Å². The molecule has 0 radical (unpaired) electrons. The van der Waals surface area contributed by atoms with E-state index in [-0.39, 0.29) is 11.8 Å². The Kier molecular flexibility index (Phi) is 3.45. The molecule has 118 valence electrons. The lowest BCUT2D eigenvalue weighted by molar-refractivity contribution is 0.0732. The summed E-state index contributed by atoms with van der Waals surface area (Å²) in [5, 5.41) is 12.0. The van der Waals surface area contributed by atoms with Gasteiger partial charge in [-0.1, -0.05) is 5.16 Å². The highest BCUT2D eigenvalue weighted by atomic mass is 32.1. The molecule has 0 saturated heterocycles. The largest absolute Gasteiger partial charge is 0.339 e. The molecule has 23 heavy (non-hydrogen) atoms. The molecule has 0 aromatic carbocycles. The topological polar surface area (TPSA) is 77.0 Å². The second-order valence-electron chi connectivity index (χ2n) is 5.58. The minimum atomic E-state index is -0.0695. The van der Waals surface area contributed by atoms with Gasteiger partial charge in [0.05, 0.1) is 30.3 Å². The zero-order chi connectivity index (χ0) is 15.8. The van der Waals surface area contributed by atoms with E-state index in [0.29, 0.717) is 36.9 Å². The van der Waals surface area contributed by atoms with Crippen molar-refractivity contribution in [1.82, 2.24) is 24.8 Å². The minimum absolute atomic E-state index is 0.0159. The second-order valence-corrected chi connectivity index (χ2v) is 6.36. The van der Waals surface area contributed by atoms with E-state index in [1.54, 1.807) is 13.1 Å². The first-order valence-corrected chi connectivity index (χ1v) is 8.27. The molecule has 0 N–H and O–H groups in total. The smallest absolute Gasteiger partial charge is 0.255 e. The maximum absolute atomic E-state index is 12.8. The van der Waals surface area contributed by atoms with Crippen molar-refractivity contribution in [1.29, 1.82) is 0 Å². The van der Waals surface area contributed by atoms with Gasteiger partial charge in [0.1, 0.15) is 0 Å². The van der Waals surface area contributed by atoms with Gasteiger partial charge in [-0.3, -0.25) is 9.48 Å². The van der Waals surface area contributed by atoms with E-state index in [2.05, 4.69) is 15.2 Å². The first-order valence-electron chi connectivity index (χ1n) is 7.33. The molecule has 0 fully saturated rings. The third-order valence-corrected chi connectivity index (χ3v) is 4.62. The summed E-state index contributed by atoms with van der Waals surface area (Å²) in [4.78, 5) is 18.9. The lowest BCUT2D eigenvalue weighted by atomic mass is 10.1. The molecule has 0 spiro atoms. The van der Waals surface area contributed by atoms with Crippen LogP contribution in [-0.4, -0.2) is 37.3 Å². The number of carbonyl (C=O) groups excluding carboxylic acids is 1. The lowest BCUT2D eigenvalue weighted by Crippen LogP contribution is -2.33. The van der Waals surface area contributed by atoms with Gasteiger partial charge in [0.25, 0.3) is 5.91 Å². The number of aromatic nitrogens is 4. The Morgan fingerprint density at radius 1 is 1.39 bits per heavy atom. The molecule has 0 saturated carbocycles. The monoisotopic (exact) mass is 329 g/mol. The molecule has 1 aliphatic heterocycles. The van der Waals surface area contributed by atoms with Crippen molar-refractivity contribution in [2.45, 2.75) is 25.9 Å². The normalized spacial score (nSPS) is 17.8. The van der Waals surface area contributed by atoms with Crippen LogP contribution < -0.4 is 0 Å². The van der Waals surface area contributed by atoms with Crippen LogP contribution in [-0.2, 0) is 13.1 Å². The average molecular weight is 329 g/mol. The van der Waals surface area contributed by atoms with Crippen molar-refractivity contribution in [3.63, 3.8) is 0 Å². The molecule has 4 heterocycles. The minimum Gasteiger partial charge on any atom is -0.339 e. The zero-order valence-corrected chi connectivity index (χ0v) is 13.4. The number of amides is 1. The van der Waals surface area contributed by atoms with Crippen molar-refractivity contribution >= 4 is 17.2 Å².